The normalized spacial score (nSPS) is 9.18. The van der Waals surface area contributed by atoms with Crippen molar-refractivity contribution in [2.24, 2.45) is 0 Å². The zero-order chi connectivity index (χ0) is 8.10. The first-order valence-electron chi connectivity index (χ1n) is 2.80. The molecule has 0 aliphatic rings. The molecule has 6 heteroatoms. The Kier molecular flexibility index (Phi) is 2.79. The van der Waals surface area contributed by atoms with E-state index in [4.69, 9.17) is 0 Å². The molecule has 0 unspecified atom stereocenters. The molecule has 1 amide bonds. The Labute approximate surface area is 67.8 Å². The molecule has 0 spiro atoms. The molecule has 1 aromatic rings. The average Bonchev–Trinajstić information content (AvgIpc) is 2.07. The summed E-state index contributed by atoms with van der Waals surface area (Å²) in [6.45, 7) is 0. The van der Waals surface area contributed by atoms with Gasteiger partial charge in [-0.05, 0) is 0 Å². The molecular weight excluding hydrogens is 164 g/mol. The van der Waals surface area contributed by atoms with E-state index in [0.29, 0.717) is 0 Å². The van der Waals surface area contributed by atoms with E-state index in [1.165, 1.54) is 24.6 Å². The standard InChI is InChI=1S/C5H6N4OS/c1-11-9-5(10)4-7-2-6-3-8-4/h2-3H,1H3,(H,9,10). The van der Waals surface area contributed by atoms with Gasteiger partial charge in [0, 0.05) is 6.26 Å². The van der Waals surface area contributed by atoms with Gasteiger partial charge in [0.25, 0.3) is 5.91 Å². The highest BCUT2D eigenvalue weighted by molar-refractivity contribution is 7.97. The molecule has 0 atom stereocenters. The number of carbonyl (C=O) groups excluding carboxylic acids is 1. The van der Waals surface area contributed by atoms with E-state index in [9.17, 15) is 4.79 Å². The van der Waals surface area contributed by atoms with E-state index < -0.39 is 0 Å². The predicted molar refractivity (Wildman–Crippen MR) is 40.8 cm³/mol. The zero-order valence-electron chi connectivity index (χ0n) is 5.81. The van der Waals surface area contributed by atoms with Crippen molar-refractivity contribution < 1.29 is 4.79 Å². The molecule has 0 aliphatic heterocycles. The summed E-state index contributed by atoms with van der Waals surface area (Å²) in [5.41, 5.74) is 0. The first-order chi connectivity index (χ1) is 5.34. The summed E-state index contributed by atoms with van der Waals surface area (Å²) in [7, 11) is 0. The van der Waals surface area contributed by atoms with E-state index in [-0.39, 0.29) is 11.7 Å². The quantitative estimate of drug-likeness (QED) is 0.627. The van der Waals surface area contributed by atoms with Crippen molar-refractivity contribution in [3.05, 3.63) is 18.5 Å². The van der Waals surface area contributed by atoms with Gasteiger partial charge in [0.1, 0.15) is 12.7 Å². The molecule has 0 radical (unpaired) electrons. The van der Waals surface area contributed by atoms with Gasteiger partial charge in [0.2, 0.25) is 5.82 Å². The third-order valence-corrected chi connectivity index (χ3v) is 1.28. The molecule has 0 fully saturated rings. The first-order valence-corrected chi connectivity index (χ1v) is 4.02. The van der Waals surface area contributed by atoms with Crippen LogP contribution in [-0.4, -0.2) is 27.1 Å². The van der Waals surface area contributed by atoms with Gasteiger partial charge in [0.05, 0.1) is 0 Å². The summed E-state index contributed by atoms with van der Waals surface area (Å²) in [5.74, 6) is -0.172. The van der Waals surface area contributed by atoms with Crippen LogP contribution in [0, 0.1) is 0 Å². The molecule has 1 aromatic heterocycles. The van der Waals surface area contributed by atoms with Gasteiger partial charge in [-0.25, -0.2) is 15.0 Å². The van der Waals surface area contributed by atoms with Crippen LogP contribution >= 0.6 is 11.9 Å². The molecule has 0 bridgehead atoms. The van der Waals surface area contributed by atoms with E-state index in [1.54, 1.807) is 6.26 Å². The lowest BCUT2D eigenvalue weighted by molar-refractivity contribution is 0.0974. The Morgan fingerprint density at radius 2 is 2.18 bits per heavy atom. The summed E-state index contributed by atoms with van der Waals surface area (Å²) in [6.07, 6.45) is 4.31. The Bertz CT molecular complexity index is 239. The van der Waals surface area contributed by atoms with Gasteiger partial charge < -0.3 is 0 Å². The second kappa shape index (κ2) is 3.87. The molecule has 0 saturated carbocycles. The fourth-order valence-electron chi connectivity index (χ4n) is 0.495. The molecule has 58 valence electrons. The van der Waals surface area contributed by atoms with Gasteiger partial charge in [0.15, 0.2) is 0 Å². The predicted octanol–water partition coefficient (Wildman–Crippen LogP) is -0.121. The number of hydrogen-bond donors (Lipinski definition) is 1. The minimum atomic E-state index is -0.306. The fraction of sp³-hybridized carbons (Fsp3) is 0.200. The van der Waals surface area contributed by atoms with Crippen molar-refractivity contribution >= 4 is 17.9 Å². The third-order valence-electron chi connectivity index (χ3n) is 0.891. The van der Waals surface area contributed by atoms with Gasteiger partial charge >= 0.3 is 0 Å². The maximum atomic E-state index is 11.0. The van der Waals surface area contributed by atoms with Crippen LogP contribution in [0.4, 0.5) is 0 Å². The minimum Gasteiger partial charge on any atom is -0.293 e. The van der Waals surface area contributed by atoms with Gasteiger partial charge in [-0.1, -0.05) is 11.9 Å². The van der Waals surface area contributed by atoms with E-state index in [1.807, 2.05) is 0 Å². The summed E-state index contributed by atoms with van der Waals surface area (Å²) in [4.78, 5) is 21.8. The lowest BCUT2D eigenvalue weighted by Gasteiger charge is -1.96. The summed E-state index contributed by atoms with van der Waals surface area (Å²) >= 11 is 1.20. The summed E-state index contributed by atoms with van der Waals surface area (Å²) in [6, 6.07) is 0. The van der Waals surface area contributed by atoms with Crippen molar-refractivity contribution in [1.82, 2.24) is 19.7 Å². The topological polar surface area (TPSA) is 67.8 Å². The molecule has 0 aromatic carbocycles. The van der Waals surface area contributed by atoms with Crippen LogP contribution in [0.25, 0.3) is 0 Å². The van der Waals surface area contributed by atoms with Crippen molar-refractivity contribution in [3.63, 3.8) is 0 Å². The molecule has 0 saturated heterocycles. The lowest BCUT2D eigenvalue weighted by Crippen LogP contribution is -2.18. The second-order valence-electron chi connectivity index (χ2n) is 1.60. The molecule has 1 heterocycles. The average molecular weight is 170 g/mol. The summed E-state index contributed by atoms with van der Waals surface area (Å²) < 4.78 is 2.49. The lowest BCUT2D eigenvalue weighted by atomic mass is 10.6. The Morgan fingerprint density at radius 3 is 2.73 bits per heavy atom. The maximum absolute atomic E-state index is 11.0. The Morgan fingerprint density at radius 1 is 1.55 bits per heavy atom. The highest BCUT2D eigenvalue weighted by Gasteiger charge is 2.05. The van der Waals surface area contributed by atoms with Crippen LogP contribution in [0.15, 0.2) is 12.7 Å². The number of aromatic nitrogens is 3. The highest BCUT2D eigenvalue weighted by Crippen LogP contribution is 1.89. The zero-order valence-corrected chi connectivity index (χ0v) is 6.63. The minimum absolute atomic E-state index is 0.134. The van der Waals surface area contributed by atoms with Crippen molar-refractivity contribution in [1.29, 1.82) is 0 Å². The number of hydrogen-bond acceptors (Lipinski definition) is 5. The van der Waals surface area contributed by atoms with E-state index in [0.717, 1.165) is 0 Å². The van der Waals surface area contributed by atoms with Crippen molar-refractivity contribution in [2.75, 3.05) is 6.26 Å². The Hall–Kier alpha value is -1.17. The first kappa shape index (κ1) is 7.93. The van der Waals surface area contributed by atoms with Crippen LogP contribution in [0.1, 0.15) is 10.6 Å². The van der Waals surface area contributed by atoms with E-state index in [2.05, 4.69) is 19.7 Å². The molecule has 1 rings (SSSR count). The maximum Gasteiger partial charge on any atom is 0.298 e. The third kappa shape index (κ3) is 2.15. The summed E-state index contributed by atoms with van der Waals surface area (Å²) in [5, 5.41) is 0. The van der Waals surface area contributed by atoms with Crippen LogP contribution in [0.2, 0.25) is 0 Å². The van der Waals surface area contributed by atoms with Gasteiger partial charge in [-0.3, -0.25) is 9.52 Å². The van der Waals surface area contributed by atoms with Crippen LogP contribution in [0.3, 0.4) is 0 Å². The number of amides is 1. The van der Waals surface area contributed by atoms with Gasteiger partial charge in [-0.2, -0.15) is 0 Å². The van der Waals surface area contributed by atoms with E-state index >= 15 is 0 Å². The number of nitrogens with zero attached hydrogens (tertiary/aromatic N) is 3. The van der Waals surface area contributed by atoms with Crippen LogP contribution < -0.4 is 4.72 Å². The molecular formula is C5H6N4OS. The number of carbonyl (C=O) groups is 1. The highest BCUT2D eigenvalue weighted by atomic mass is 32.2. The largest absolute Gasteiger partial charge is 0.298 e. The SMILES string of the molecule is CSNC(=O)c1ncncn1. The van der Waals surface area contributed by atoms with Crippen molar-refractivity contribution in [2.45, 2.75) is 0 Å². The molecule has 0 aliphatic carbocycles. The number of rotatable bonds is 2. The Balaban J connectivity index is 2.69. The fourth-order valence-corrected chi connectivity index (χ4v) is 0.771. The van der Waals surface area contributed by atoms with Gasteiger partial charge in [-0.15, -0.1) is 0 Å². The smallest absolute Gasteiger partial charge is 0.293 e. The molecule has 1 N–H and O–H groups in total. The molecule has 5 nitrogen and oxygen atoms in total. The van der Waals surface area contributed by atoms with Crippen LogP contribution in [-0.2, 0) is 0 Å². The van der Waals surface area contributed by atoms with Crippen LogP contribution in [0.5, 0.6) is 0 Å². The van der Waals surface area contributed by atoms with Crippen molar-refractivity contribution in [3.8, 4) is 0 Å². The second-order valence-corrected chi connectivity index (χ2v) is 2.21. The molecule has 11 heavy (non-hydrogen) atoms. The monoisotopic (exact) mass is 170 g/mol. The number of nitrogens with one attached hydrogen (secondary N) is 1.